The van der Waals surface area contributed by atoms with Gasteiger partial charge in [-0.1, -0.05) is 0 Å². The van der Waals surface area contributed by atoms with Crippen molar-refractivity contribution in [2.24, 2.45) is 0 Å². The van der Waals surface area contributed by atoms with Gasteiger partial charge in [-0.2, -0.15) is 0 Å². The zero-order valence-electron chi connectivity index (χ0n) is 14.6. The molecule has 3 rings (SSSR count). The van der Waals surface area contributed by atoms with E-state index in [-0.39, 0.29) is 5.91 Å². The Labute approximate surface area is 148 Å². The number of carbonyl (C=O) groups is 1. The summed E-state index contributed by atoms with van der Waals surface area (Å²) in [6.45, 7) is 7.47. The van der Waals surface area contributed by atoms with Crippen LogP contribution in [0.25, 0.3) is 0 Å². The number of hydrogen-bond donors (Lipinski definition) is 2. The number of hydrogen-bond acceptors (Lipinski definition) is 5. The Morgan fingerprint density at radius 2 is 1.88 bits per heavy atom. The lowest BCUT2D eigenvalue weighted by Crippen LogP contribution is -2.48. The van der Waals surface area contributed by atoms with Crippen LogP contribution in [-0.4, -0.2) is 55.1 Å². The Kier molecular flexibility index (Phi) is 5.50. The number of aryl methyl sites for hydroxylation is 1. The molecule has 1 amide bonds. The summed E-state index contributed by atoms with van der Waals surface area (Å²) < 4.78 is 0. The minimum absolute atomic E-state index is 0.0532. The molecule has 1 aliphatic rings. The summed E-state index contributed by atoms with van der Waals surface area (Å²) in [6.07, 6.45) is 1.86. The van der Waals surface area contributed by atoms with Gasteiger partial charge in [0.05, 0.1) is 0 Å². The van der Waals surface area contributed by atoms with E-state index in [1.54, 1.807) is 24.3 Å². The number of piperazine rings is 1. The van der Waals surface area contributed by atoms with E-state index in [0.29, 0.717) is 17.8 Å². The number of aromatic nitrogens is 1. The minimum atomic E-state index is -0.0532. The highest BCUT2D eigenvalue weighted by Gasteiger charge is 2.17. The van der Waals surface area contributed by atoms with E-state index < -0.39 is 0 Å². The third-order valence-corrected chi connectivity index (χ3v) is 4.48. The van der Waals surface area contributed by atoms with Crippen molar-refractivity contribution < 1.29 is 4.79 Å². The van der Waals surface area contributed by atoms with Crippen LogP contribution in [-0.2, 0) is 0 Å². The predicted molar refractivity (Wildman–Crippen MR) is 101 cm³/mol. The van der Waals surface area contributed by atoms with Crippen LogP contribution in [0, 0.1) is 6.92 Å². The Morgan fingerprint density at radius 3 is 2.56 bits per heavy atom. The lowest BCUT2D eigenvalue weighted by molar-refractivity contribution is 0.0948. The Hall–Kier alpha value is -2.60. The standard InChI is InChI=1S/C19H25N5O/c1-15-6-7-21-18(14-15)24-12-10-23(11-13-24)9-8-22-19(25)16-2-4-17(20)5-3-16/h2-7,14H,8-13,20H2,1H3,(H,22,25). The molecule has 0 aliphatic carbocycles. The topological polar surface area (TPSA) is 74.5 Å². The SMILES string of the molecule is Cc1ccnc(N2CCN(CCNC(=O)c3ccc(N)cc3)CC2)c1. The number of pyridine rings is 1. The highest BCUT2D eigenvalue weighted by Crippen LogP contribution is 2.14. The molecule has 132 valence electrons. The Bertz CT molecular complexity index is 708. The van der Waals surface area contributed by atoms with Crippen molar-refractivity contribution in [3.05, 3.63) is 53.7 Å². The quantitative estimate of drug-likeness (QED) is 0.808. The molecule has 6 nitrogen and oxygen atoms in total. The second-order valence-corrected chi connectivity index (χ2v) is 6.40. The zero-order chi connectivity index (χ0) is 17.6. The lowest BCUT2D eigenvalue weighted by Gasteiger charge is -2.35. The zero-order valence-corrected chi connectivity index (χ0v) is 14.6. The van der Waals surface area contributed by atoms with Crippen molar-refractivity contribution in [3.63, 3.8) is 0 Å². The molecule has 0 spiro atoms. The summed E-state index contributed by atoms with van der Waals surface area (Å²) in [5.41, 5.74) is 8.18. The normalized spacial score (nSPS) is 15.2. The van der Waals surface area contributed by atoms with Crippen molar-refractivity contribution in [1.82, 2.24) is 15.2 Å². The number of anilines is 2. The molecule has 0 atom stereocenters. The molecule has 0 bridgehead atoms. The van der Waals surface area contributed by atoms with Crippen LogP contribution in [0.4, 0.5) is 11.5 Å². The van der Waals surface area contributed by atoms with Gasteiger partial charge in [0, 0.05) is 56.7 Å². The number of amides is 1. The molecule has 25 heavy (non-hydrogen) atoms. The summed E-state index contributed by atoms with van der Waals surface area (Å²) in [5.74, 6) is 0.999. The Morgan fingerprint density at radius 1 is 1.16 bits per heavy atom. The van der Waals surface area contributed by atoms with Gasteiger partial charge in [0.25, 0.3) is 5.91 Å². The van der Waals surface area contributed by atoms with Gasteiger partial charge in [-0.15, -0.1) is 0 Å². The summed E-state index contributed by atoms with van der Waals surface area (Å²) in [5, 5.41) is 2.97. The number of nitrogen functional groups attached to an aromatic ring is 1. The van der Waals surface area contributed by atoms with Crippen LogP contribution in [0.1, 0.15) is 15.9 Å². The summed E-state index contributed by atoms with van der Waals surface area (Å²) in [4.78, 5) is 21.2. The van der Waals surface area contributed by atoms with Crippen molar-refractivity contribution in [2.75, 3.05) is 49.9 Å². The van der Waals surface area contributed by atoms with Crippen molar-refractivity contribution >= 4 is 17.4 Å². The molecule has 1 saturated heterocycles. The number of nitrogens with two attached hydrogens (primary N) is 1. The molecule has 2 aromatic rings. The minimum Gasteiger partial charge on any atom is -0.399 e. The summed E-state index contributed by atoms with van der Waals surface area (Å²) >= 11 is 0. The summed E-state index contributed by atoms with van der Waals surface area (Å²) in [6, 6.07) is 11.1. The maximum atomic E-state index is 12.1. The molecule has 0 unspecified atom stereocenters. The fourth-order valence-electron chi connectivity index (χ4n) is 2.96. The van der Waals surface area contributed by atoms with E-state index in [1.807, 2.05) is 12.3 Å². The van der Waals surface area contributed by atoms with Gasteiger partial charge in [-0.25, -0.2) is 4.98 Å². The molecular formula is C19H25N5O. The summed E-state index contributed by atoms with van der Waals surface area (Å²) in [7, 11) is 0. The molecule has 1 aromatic carbocycles. The number of rotatable bonds is 5. The van der Waals surface area contributed by atoms with Crippen LogP contribution in [0.15, 0.2) is 42.6 Å². The molecule has 1 aromatic heterocycles. The molecule has 1 aliphatic heterocycles. The van der Waals surface area contributed by atoms with Gasteiger partial charge in [0.2, 0.25) is 0 Å². The van der Waals surface area contributed by atoms with Gasteiger partial charge in [-0.05, 0) is 48.9 Å². The first kappa shape index (κ1) is 17.2. The highest BCUT2D eigenvalue weighted by atomic mass is 16.1. The fraction of sp³-hybridized carbons (Fsp3) is 0.368. The van der Waals surface area contributed by atoms with Gasteiger partial charge in [-0.3, -0.25) is 9.69 Å². The monoisotopic (exact) mass is 339 g/mol. The van der Waals surface area contributed by atoms with E-state index >= 15 is 0 Å². The third kappa shape index (κ3) is 4.70. The average Bonchev–Trinajstić information content (AvgIpc) is 2.63. The van der Waals surface area contributed by atoms with E-state index in [0.717, 1.165) is 38.5 Å². The van der Waals surface area contributed by atoms with Crippen molar-refractivity contribution in [3.8, 4) is 0 Å². The van der Waals surface area contributed by atoms with Gasteiger partial charge < -0.3 is 16.0 Å². The number of nitrogens with one attached hydrogen (secondary N) is 1. The molecule has 0 radical (unpaired) electrons. The third-order valence-electron chi connectivity index (χ3n) is 4.48. The number of carbonyl (C=O) groups excluding carboxylic acids is 1. The van der Waals surface area contributed by atoms with Crippen LogP contribution in [0.2, 0.25) is 0 Å². The maximum Gasteiger partial charge on any atom is 0.251 e. The van der Waals surface area contributed by atoms with Crippen LogP contribution < -0.4 is 16.0 Å². The first-order chi connectivity index (χ1) is 12.1. The molecule has 1 fully saturated rings. The van der Waals surface area contributed by atoms with Crippen LogP contribution in [0.5, 0.6) is 0 Å². The lowest BCUT2D eigenvalue weighted by atomic mass is 10.2. The van der Waals surface area contributed by atoms with Gasteiger partial charge in [0.1, 0.15) is 5.82 Å². The van der Waals surface area contributed by atoms with E-state index in [4.69, 9.17) is 5.73 Å². The largest absolute Gasteiger partial charge is 0.399 e. The van der Waals surface area contributed by atoms with Crippen LogP contribution in [0.3, 0.4) is 0 Å². The second kappa shape index (κ2) is 7.98. The predicted octanol–water partition coefficient (Wildman–Crippen LogP) is 1.52. The van der Waals surface area contributed by atoms with Crippen LogP contribution >= 0.6 is 0 Å². The average molecular weight is 339 g/mol. The smallest absolute Gasteiger partial charge is 0.251 e. The number of benzene rings is 1. The van der Waals surface area contributed by atoms with Gasteiger partial charge in [0.15, 0.2) is 0 Å². The molecular weight excluding hydrogens is 314 g/mol. The first-order valence-electron chi connectivity index (χ1n) is 8.65. The highest BCUT2D eigenvalue weighted by molar-refractivity contribution is 5.94. The Balaban J connectivity index is 1.40. The van der Waals surface area contributed by atoms with Gasteiger partial charge >= 0.3 is 0 Å². The first-order valence-corrected chi connectivity index (χ1v) is 8.65. The van der Waals surface area contributed by atoms with E-state index in [1.165, 1.54) is 5.56 Å². The number of nitrogens with zero attached hydrogens (tertiary/aromatic N) is 3. The molecule has 2 heterocycles. The second-order valence-electron chi connectivity index (χ2n) is 6.40. The van der Waals surface area contributed by atoms with E-state index in [2.05, 4.69) is 33.1 Å². The molecule has 6 heteroatoms. The molecule has 0 saturated carbocycles. The van der Waals surface area contributed by atoms with Crippen molar-refractivity contribution in [2.45, 2.75) is 6.92 Å². The van der Waals surface area contributed by atoms with Crippen molar-refractivity contribution in [1.29, 1.82) is 0 Å². The fourth-order valence-corrected chi connectivity index (χ4v) is 2.96. The maximum absolute atomic E-state index is 12.1. The van der Waals surface area contributed by atoms with E-state index in [9.17, 15) is 4.79 Å². The molecule has 3 N–H and O–H groups in total.